The lowest BCUT2D eigenvalue weighted by atomic mass is 9.59. The molecule has 0 amide bonds. The molecule has 0 spiro atoms. The fraction of sp³-hybridized carbons (Fsp3) is 0.429. The first-order valence-electron chi connectivity index (χ1n) is 9.39. The third-order valence-electron chi connectivity index (χ3n) is 5.49. The Hall–Kier alpha value is -1.16. The zero-order valence-corrected chi connectivity index (χ0v) is 17.4. The largest absolute Gasteiger partial charge is 0.551 e. The number of hydrogen-bond acceptors (Lipinski definition) is 1. The number of rotatable bonds is 5. The molecule has 0 aliphatic carbocycles. The molecule has 1 aliphatic heterocycles. The van der Waals surface area contributed by atoms with E-state index in [-0.39, 0.29) is 6.92 Å². The second-order valence-electron chi connectivity index (χ2n) is 7.84. The molecule has 0 bridgehead atoms. The maximum atomic E-state index is 6.44. The highest BCUT2D eigenvalue weighted by atomic mass is 35.5. The van der Waals surface area contributed by atoms with E-state index in [1.165, 1.54) is 32.4 Å². The lowest BCUT2D eigenvalue weighted by Gasteiger charge is -2.39. The highest BCUT2D eigenvalue weighted by molar-refractivity contribution is 6.68. The van der Waals surface area contributed by atoms with Crippen LogP contribution in [-0.2, 0) is 0 Å². The van der Waals surface area contributed by atoms with Gasteiger partial charge in [-0.1, -0.05) is 41.4 Å². The number of quaternary nitrogens is 1. The molecule has 2 nitrogen and oxygen atoms in total. The fourth-order valence-corrected chi connectivity index (χ4v) is 4.05. The van der Waals surface area contributed by atoms with Crippen LogP contribution in [0.2, 0.25) is 10.0 Å². The first-order valence-corrected chi connectivity index (χ1v) is 10.1. The van der Waals surface area contributed by atoms with Crippen molar-refractivity contribution in [2.24, 2.45) is 0 Å². The quantitative estimate of drug-likeness (QED) is 0.512. The van der Waals surface area contributed by atoms with E-state index < -0.39 is 0 Å². The summed E-state index contributed by atoms with van der Waals surface area (Å²) in [6.07, 6.45) is 4.84. The minimum Gasteiger partial charge on any atom is -0.551 e. The summed E-state index contributed by atoms with van der Waals surface area (Å²) in [5, 5.41) is 1.53. The monoisotopic (exact) mass is 390 g/mol. The van der Waals surface area contributed by atoms with Crippen molar-refractivity contribution in [2.45, 2.75) is 33.1 Å². The third-order valence-corrected chi connectivity index (χ3v) is 6.31. The van der Waals surface area contributed by atoms with E-state index in [9.17, 15) is 0 Å². The van der Waals surface area contributed by atoms with Crippen LogP contribution in [0.15, 0.2) is 36.4 Å². The average molecular weight is 391 g/mol. The summed E-state index contributed by atoms with van der Waals surface area (Å²) in [5.41, 5.74) is 3.28. The first kappa shape index (κ1) is 19.6. The Morgan fingerprint density at radius 1 is 0.923 bits per heavy atom. The maximum absolute atomic E-state index is 6.44. The van der Waals surface area contributed by atoms with Gasteiger partial charge in [0.1, 0.15) is 12.2 Å². The predicted octanol–water partition coefficient (Wildman–Crippen LogP) is 5.06. The fourth-order valence-electron chi connectivity index (χ4n) is 3.69. The molecule has 0 aromatic heterocycles. The molecule has 0 N–H and O–H groups in total. The summed E-state index contributed by atoms with van der Waals surface area (Å²) in [5.74, 6) is 0.811. The minimum absolute atomic E-state index is 0.0463. The lowest BCUT2D eigenvalue weighted by molar-refractivity contribution is -0.904. The normalized spacial score (nSPS) is 16.3. The molecule has 1 heterocycles. The Labute approximate surface area is 167 Å². The van der Waals surface area contributed by atoms with Gasteiger partial charge in [0.25, 0.3) is 0 Å². The number of aryl methyl sites for hydroxylation is 2. The van der Waals surface area contributed by atoms with Crippen molar-refractivity contribution in [2.75, 3.05) is 26.6 Å². The van der Waals surface area contributed by atoms with Crippen molar-refractivity contribution in [3.63, 3.8) is 0 Å². The summed E-state index contributed by atoms with van der Waals surface area (Å²) in [7, 11) is 2.34. The topological polar surface area (TPSA) is 9.23 Å². The van der Waals surface area contributed by atoms with Gasteiger partial charge in [0.2, 0.25) is 0 Å². The summed E-state index contributed by atoms with van der Waals surface area (Å²) < 4.78 is 7.48. The molecule has 1 saturated heterocycles. The van der Waals surface area contributed by atoms with Crippen LogP contribution in [0.5, 0.6) is 5.75 Å². The molecular weight excluding hydrogens is 364 g/mol. The van der Waals surface area contributed by atoms with Gasteiger partial charge in [0, 0.05) is 10.0 Å². The first-order chi connectivity index (χ1) is 12.4. The molecule has 0 unspecified atom stereocenters. The number of piperidine rings is 1. The van der Waals surface area contributed by atoms with Crippen molar-refractivity contribution >= 4 is 35.6 Å². The van der Waals surface area contributed by atoms with Crippen LogP contribution in [0.4, 0.5) is 0 Å². The Morgan fingerprint density at radius 3 is 2.15 bits per heavy atom. The van der Waals surface area contributed by atoms with Crippen LogP contribution in [0, 0.1) is 13.8 Å². The smallest absolute Gasteiger partial charge is 0.451 e. The molecule has 0 radical (unpaired) electrons. The summed E-state index contributed by atoms with van der Waals surface area (Å²) in [4.78, 5) is 0. The van der Waals surface area contributed by atoms with E-state index in [4.69, 9.17) is 27.9 Å². The SMILES string of the molecule is Cc1ccc(OB(C[N+]2(C)CCCCC2)c2ccc(C)c(Cl)c2)cc1Cl. The van der Waals surface area contributed by atoms with E-state index in [0.29, 0.717) is 0 Å². The molecule has 2 aromatic rings. The highest BCUT2D eigenvalue weighted by Gasteiger charge is 2.35. The van der Waals surface area contributed by atoms with Crippen molar-refractivity contribution in [3.05, 3.63) is 57.6 Å². The Kier molecular flexibility index (Phi) is 6.22. The number of nitrogens with zero attached hydrogens (tertiary/aromatic N) is 1. The van der Waals surface area contributed by atoms with Crippen molar-refractivity contribution in [1.29, 1.82) is 0 Å². The molecule has 3 rings (SSSR count). The van der Waals surface area contributed by atoms with E-state index in [0.717, 1.165) is 43.3 Å². The number of benzene rings is 2. The van der Waals surface area contributed by atoms with Gasteiger partial charge in [-0.3, -0.25) is 0 Å². The van der Waals surface area contributed by atoms with E-state index in [1.807, 2.05) is 38.1 Å². The van der Waals surface area contributed by atoms with Gasteiger partial charge in [0.15, 0.2) is 0 Å². The molecule has 0 atom stereocenters. The zero-order chi connectivity index (χ0) is 18.7. The summed E-state index contributed by atoms with van der Waals surface area (Å²) >= 11 is 12.7. The Morgan fingerprint density at radius 2 is 1.54 bits per heavy atom. The van der Waals surface area contributed by atoms with Crippen LogP contribution in [0.25, 0.3) is 0 Å². The average Bonchev–Trinajstić information content (AvgIpc) is 2.60. The van der Waals surface area contributed by atoms with Crippen LogP contribution < -0.4 is 10.1 Å². The Bertz CT molecular complexity index is 775. The number of hydrogen-bond donors (Lipinski definition) is 0. The van der Waals surface area contributed by atoms with Gasteiger partial charge >= 0.3 is 6.92 Å². The lowest BCUT2D eigenvalue weighted by Crippen LogP contribution is -2.58. The molecule has 5 heteroatoms. The van der Waals surface area contributed by atoms with Gasteiger partial charge in [-0.05, 0) is 67.9 Å². The van der Waals surface area contributed by atoms with Crippen LogP contribution in [-0.4, -0.2) is 38.0 Å². The van der Waals surface area contributed by atoms with Crippen LogP contribution in [0.1, 0.15) is 30.4 Å². The van der Waals surface area contributed by atoms with Crippen molar-refractivity contribution in [3.8, 4) is 5.75 Å². The number of likely N-dealkylation sites (tertiary alicyclic amines) is 1. The molecule has 0 saturated carbocycles. The number of halogens is 2. The standard InChI is InChI=1S/C21H27BCl2NO/c1-16-7-9-18(13-20(16)23)22(15-25(3)11-5-4-6-12-25)26-19-10-8-17(2)21(24)14-19/h7-10,13-14H,4-6,11-12,15H2,1-3H3/q+1. The zero-order valence-electron chi connectivity index (χ0n) is 15.9. The second-order valence-corrected chi connectivity index (χ2v) is 8.65. The summed E-state index contributed by atoms with van der Waals surface area (Å²) in [6.45, 7) is 6.39. The Balaban J connectivity index is 1.89. The molecule has 1 fully saturated rings. The molecule has 26 heavy (non-hydrogen) atoms. The molecular formula is C21H27BCl2NO+. The molecule has 1 aliphatic rings. The second kappa shape index (κ2) is 8.25. The van der Waals surface area contributed by atoms with Crippen LogP contribution in [0.3, 0.4) is 0 Å². The van der Waals surface area contributed by atoms with Gasteiger partial charge in [-0.15, -0.1) is 0 Å². The summed E-state index contributed by atoms with van der Waals surface area (Å²) in [6, 6.07) is 12.2. The van der Waals surface area contributed by atoms with E-state index >= 15 is 0 Å². The van der Waals surface area contributed by atoms with Crippen molar-refractivity contribution < 1.29 is 9.14 Å². The van der Waals surface area contributed by atoms with Gasteiger partial charge < -0.3 is 9.14 Å². The van der Waals surface area contributed by atoms with E-state index in [2.05, 4.69) is 19.2 Å². The van der Waals surface area contributed by atoms with Crippen molar-refractivity contribution in [1.82, 2.24) is 0 Å². The van der Waals surface area contributed by atoms with Gasteiger partial charge in [-0.25, -0.2) is 0 Å². The molecule has 138 valence electrons. The third kappa shape index (κ3) is 4.76. The predicted molar refractivity (Wildman–Crippen MR) is 113 cm³/mol. The van der Waals surface area contributed by atoms with Gasteiger partial charge in [0.05, 0.1) is 20.1 Å². The highest BCUT2D eigenvalue weighted by Crippen LogP contribution is 2.24. The molecule has 2 aromatic carbocycles. The maximum Gasteiger partial charge on any atom is 0.451 e. The van der Waals surface area contributed by atoms with Gasteiger partial charge in [-0.2, -0.15) is 0 Å². The van der Waals surface area contributed by atoms with E-state index in [1.54, 1.807) is 0 Å². The minimum atomic E-state index is -0.0463. The van der Waals surface area contributed by atoms with Crippen LogP contribution >= 0.6 is 23.2 Å².